The molecule has 7 heteroatoms. The molecule has 0 saturated heterocycles. The Balaban J connectivity index is 1.96. The summed E-state index contributed by atoms with van der Waals surface area (Å²) < 4.78 is 27.2. The predicted molar refractivity (Wildman–Crippen MR) is 99.1 cm³/mol. The third kappa shape index (κ3) is 5.80. The van der Waals surface area contributed by atoms with E-state index >= 15 is 0 Å². The number of amides is 1. The summed E-state index contributed by atoms with van der Waals surface area (Å²) in [4.78, 5) is 14.8. The van der Waals surface area contributed by atoms with Gasteiger partial charge in [0.2, 0.25) is 10.0 Å². The van der Waals surface area contributed by atoms with Gasteiger partial charge >= 0.3 is 0 Å². The first-order valence-electron chi connectivity index (χ1n) is 8.87. The van der Waals surface area contributed by atoms with E-state index in [1.165, 1.54) is 12.1 Å². The van der Waals surface area contributed by atoms with Crippen molar-refractivity contribution in [2.24, 2.45) is 0 Å². The van der Waals surface area contributed by atoms with E-state index in [1.807, 2.05) is 0 Å². The molecule has 0 aliphatic heterocycles. The highest BCUT2D eigenvalue weighted by atomic mass is 32.2. The van der Waals surface area contributed by atoms with E-state index in [9.17, 15) is 13.2 Å². The molecule has 1 aliphatic carbocycles. The Kier molecular flexibility index (Phi) is 6.59. The Morgan fingerprint density at radius 2 is 1.84 bits per heavy atom. The molecule has 1 aliphatic rings. The number of carbonyl (C=O) groups excluding carboxylic acids is 1. The third-order valence-corrected chi connectivity index (χ3v) is 5.81. The zero-order valence-electron chi connectivity index (χ0n) is 15.5. The molecule has 1 saturated carbocycles. The van der Waals surface area contributed by atoms with Crippen LogP contribution in [-0.2, 0) is 10.0 Å². The first kappa shape index (κ1) is 19.9. The van der Waals surface area contributed by atoms with Gasteiger partial charge in [-0.25, -0.2) is 13.1 Å². The molecule has 140 valence electrons. The van der Waals surface area contributed by atoms with Gasteiger partial charge in [0.05, 0.1) is 4.90 Å². The Hall–Kier alpha value is -1.44. The van der Waals surface area contributed by atoms with Gasteiger partial charge in [-0.1, -0.05) is 6.07 Å². The number of hydrogen-bond acceptors (Lipinski definition) is 4. The number of nitrogens with zero attached hydrogens (tertiary/aromatic N) is 1. The van der Waals surface area contributed by atoms with Crippen molar-refractivity contribution in [2.45, 2.75) is 63.6 Å². The first-order chi connectivity index (χ1) is 11.7. The van der Waals surface area contributed by atoms with Crippen molar-refractivity contribution in [3.05, 3.63) is 29.8 Å². The maximum Gasteiger partial charge on any atom is 0.251 e. The van der Waals surface area contributed by atoms with Gasteiger partial charge in [-0.2, -0.15) is 0 Å². The lowest BCUT2D eigenvalue weighted by atomic mass is 10.2. The van der Waals surface area contributed by atoms with Crippen LogP contribution < -0.4 is 10.0 Å². The Morgan fingerprint density at radius 1 is 1.20 bits per heavy atom. The molecular formula is C18H29N3O3S. The summed E-state index contributed by atoms with van der Waals surface area (Å²) in [6.45, 7) is 9.78. The van der Waals surface area contributed by atoms with Crippen molar-refractivity contribution >= 4 is 15.9 Å². The molecule has 2 N–H and O–H groups in total. The van der Waals surface area contributed by atoms with Gasteiger partial charge in [0.1, 0.15) is 0 Å². The van der Waals surface area contributed by atoms with Crippen LogP contribution in [0.3, 0.4) is 0 Å². The van der Waals surface area contributed by atoms with Crippen molar-refractivity contribution in [1.29, 1.82) is 0 Å². The number of benzene rings is 1. The molecule has 0 unspecified atom stereocenters. The fourth-order valence-corrected chi connectivity index (χ4v) is 4.16. The molecule has 2 rings (SSSR count). The van der Waals surface area contributed by atoms with Crippen LogP contribution in [0.1, 0.15) is 50.9 Å². The Bertz CT molecular complexity index is 689. The van der Waals surface area contributed by atoms with Crippen molar-refractivity contribution in [1.82, 2.24) is 14.9 Å². The van der Waals surface area contributed by atoms with Gasteiger partial charge in [-0.3, -0.25) is 9.69 Å². The predicted octanol–water partition coefficient (Wildman–Crippen LogP) is 1.98. The molecular weight excluding hydrogens is 338 g/mol. The normalized spacial score (nSPS) is 15.2. The zero-order chi connectivity index (χ0) is 18.6. The van der Waals surface area contributed by atoms with Gasteiger partial charge in [-0.05, 0) is 58.7 Å². The van der Waals surface area contributed by atoms with E-state index in [4.69, 9.17) is 0 Å². The lowest BCUT2D eigenvalue weighted by Crippen LogP contribution is -2.42. The summed E-state index contributed by atoms with van der Waals surface area (Å²) in [7, 11) is -3.55. The fraction of sp³-hybridized carbons (Fsp3) is 0.611. The first-order valence-corrected chi connectivity index (χ1v) is 10.4. The Labute approximate surface area is 151 Å². The SMILES string of the molecule is CC(C)N(CCNC(=O)c1cccc(S(=O)(=O)NC2CC2)c1)C(C)C. The average molecular weight is 368 g/mol. The van der Waals surface area contributed by atoms with Crippen LogP contribution in [0.2, 0.25) is 0 Å². The number of rotatable bonds is 9. The van der Waals surface area contributed by atoms with Crippen LogP contribution in [0.5, 0.6) is 0 Å². The van der Waals surface area contributed by atoms with Crippen molar-refractivity contribution in [2.75, 3.05) is 13.1 Å². The molecule has 0 heterocycles. The lowest BCUT2D eigenvalue weighted by Gasteiger charge is -2.30. The molecule has 1 fully saturated rings. The molecule has 25 heavy (non-hydrogen) atoms. The summed E-state index contributed by atoms with van der Waals surface area (Å²) in [6.07, 6.45) is 1.75. The van der Waals surface area contributed by atoms with Gasteiger partial charge in [0.25, 0.3) is 5.91 Å². The molecule has 0 spiro atoms. The molecule has 0 radical (unpaired) electrons. The maximum atomic E-state index is 12.3. The van der Waals surface area contributed by atoms with Crippen LogP contribution in [0, 0.1) is 0 Å². The number of carbonyl (C=O) groups is 1. The minimum absolute atomic E-state index is 0.0422. The zero-order valence-corrected chi connectivity index (χ0v) is 16.3. The second-order valence-corrected chi connectivity index (χ2v) is 8.82. The van der Waals surface area contributed by atoms with Crippen molar-refractivity contribution < 1.29 is 13.2 Å². The molecule has 0 atom stereocenters. The number of hydrogen-bond donors (Lipinski definition) is 2. The lowest BCUT2D eigenvalue weighted by molar-refractivity contribution is 0.0939. The van der Waals surface area contributed by atoms with Crippen LogP contribution >= 0.6 is 0 Å². The van der Waals surface area contributed by atoms with Crippen LogP contribution in [0.15, 0.2) is 29.2 Å². The summed E-state index contributed by atoms with van der Waals surface area (Å²) in [6, 6.07) is 7.03. The quantitative estimate of drug-likeness (QED) is 0.699. The van der Waals surface area contributed by atoms with Gasteiger partial charge in [0, 0.05) is 36.8 Å². The summed E-state index contributed by atoms with van der Waals surface area (Å²) in [5.74, 6) is -0.254. The molecule has 1 aromatic carbocycles. The standard InChI is InChI=1S/C18H29N3O3S/c1-13(2)21(14(3)4)11-10-19-18(22)15-6-5-7-17(12-15)25(23,24)20-16-8-9-16/h5-7,12-14,16,20H,8-11H2,1-4H3,(H,19,22). The molecule has 0 bridgehead atoms. The van der Waals surface area contributed by atoms with E-state index in [0.717, 1.165) is 19.4 Å². The van der Waals surface area contributed by atoms with E-state index < -0.39 is 10.0 Å². The molecule has 0 aromatic heterocycles. The monoisotopic (exact) mass is 367 g/mol. The Morgan fingerprint density at radius 3 is 2.40 bits per heavy atom. The summed E-state index contributed by atoms with van der Waals surface area (Å²) in [5, 5.41) is 2.88. The fourth-order valence-electron chi connectivity index (χ4n) is 2.81. The van der Waals surface area contributed by atoms with Gasteiger partial charge in [0.15, 0.2) is 0 Å². The molecule has 6 nitrogen and oxygen atoms in total. The van der Waals surface area contributed by atoms with E-state index in [0.29, 0.717) is 24.2 Å². The van der Waals surface area contributed by atoms with Gasteiger partial charge in [-0.15, -0.1) is 0 Å². The van der Waals surface area contributed by atoms with Gasteiger partial charge < -0.3 is 5.32 Å². The van der Waals surface area contributed by atoms with Crippen LogP contribution in [0.25, 0.3) is 0 Å². The van der Waals surface area contributed by atoms with Crippen molar-refractivity contribution in [3.63, 3.8) is 0 Å². The highest BCUT2D eigenvalue weighted by Gasteiger charge is 2.28. The highest BCUT2D eigenvalue weighted by molar-refractivity contribution is 7.89. The summed E-state index contributed by atoms with van der Waals surface area (Å²) >= 11 is 0. The summed E-state index contributed by atoms with van der Waals surface area (Å²) in [5.41, 5.74) is 0.360. The smallest absolute Gasteiger partial charge is 0.251 e. The van der Waals surface area contributed by atoms with E-state index in [-0.39, 0.29) is 16.8 Å². The minimum atomic E-state index is -3.55. The van der Waals surface area contributed by atoms with Crippen LogP contribution in [0.4, 0.5) is 0 Å². The highest BCUT2D eigenvalue weighted by Crippen LogP contribution is 2.22. The largest absolute Gasteiger partial charge is 0.351 e. The third-order valence-electron chi connectivity index (χ3n) is 4.29. The molecule has 1 amide bonds. The topological polar surface area (TPSA) is 78.5 Å². The van der Waals surface area contributed by atoms with E-state index in [2.05, 4.69) is 42.6 Å². The van der Waals surface area contributed by atoms with E-state index in [1.54, 1.807) is 12.1 Å². The second-order valence-electron chi connectivity index (χ2n) is 7.10. The van der Waals surface area contributed by atoms with Crippen LogP contribution in [-0.4, -0.2) is 50.4 Å². The van der Waals surface area contributed by atoms with Crippen molar-refractivity contribution in [3.8, 4) is 0 Å². The maximum absolute atomic E-state index is 12.3. The number of sulfonamides is 1. The average Bonchev–Trinajstić information content (AvgIpc) is 3.34. The minimum Gasteiger partial charge on any atom is -0.351 e. The molecule has 1 aromatic rings. The number of nitrogens with one attached hydrogen (secondary N) is 2. The second kappa shape index (κ2) is 8.29.